The van der Waals surface area contributed by atoms with Crippen LogP contribution in [0.25, 0.3) is 5.69 Å². The first kappa shape index (κ1) is 13.2. The van der Waals surface area contributed by atoms with Crippen LogP contribution in [0.5, 0.6) is 0 Å². The summed E-state index contributed by atoms with van der Waals surface area (Å²) in [4.78, 5) is 18.4. The fourth-order valence-electron chi connectivity index (χ4n) is 2.32. The van der Waals surface area contributed by atoms with Gasteiger partial charge in [-0.2, -0.15) is 16.9 Å². The first-order chi connectivity index (χ1) is 9.79. The monoisotopic (exact) mass is 288 g/mol. The molecular weight excluding hydrogens is 272 g/mol. The maximum Gasteiger partial charge on any atom is 0.257 e. The fraction of sp³-hybridized carbons (Fsp3) is 0.357. The number of hydrogen-bond acceptors (Lipinski definition) is 4. The first-order valence-electron chi connectivity index (χ1n) is 6.57. The lowest BCUT2D eigenvalue weighted by Gasteiger charge is -2.25. The number of amides is 1. The average molecular weight is 288 g/mol. The number of fused-ring (bicyclic) bond motifs is 1. The standard InChI is InChI=1S/C14H16N4OS/c1-20-8-7-17-6-4-13-12(14(17)19)10-18(16-13)11-3-2-5-15-9-11/h2-3,5,9-10H,4,6-8H2,1H3. The molecule has 104 valence electrons. The van der Waals surface area contributed by atoms with Gasteiger partial charge in [0.25, 0.3) is 5.91 Å². The van der Waals surface area contributed by atoms with Gasteiger partial charge in [-0.15, -0.1) is 0 Å². The smallest absolute Gasteiger partial charge is 0.257 e. The van der Waals surface area contributed by atoms with Gasteiger partial charge in [-0.25, -0.2) is 4.68 Å². The van der Waals surface area contributed by atoms with E-state index in [2.05, 4.69) is 16.3 Å². The summed E-state index contributed by atoms with van der Waals surface area (Å²) < 4.78 is 1.74. The number of aromatic nitrogens is 3. The molecule has 6 heteroatoms. The molecular formula is C14H16N4OS. The van der Waals surface area contributed by atoms with Gasteiger partial charge in [0.05, 0.1) is 23.1 Å². The van der Waals surface area contributed by atoms with Crippen LogP contribution in [-0.2, 0) is 6.42 Å². The number of nitrogens with zero attached hydrogens (tertiary/aromatic N) is 4. The normalized spacial score (nSPS) is 14.4. The van der Waals surface area contributed by atoms with Gasteiger partial charge in [0, 0.05) is 37.7 Å². The minimum atomic E-state index is 0.0930. The summed E-state index contributed by atoms with van der Waals surface area (Å²) in [6.45, 7) is 1.56. The number of pyridine rings is 1. The molecule has 1 aliphatic heterocycles. The highest BCUT2D eigenvalue weighted by atomic mass is 32.2. The maximum absolute atomic E-state index is 12.4. The molecule has 20 heavy (non-hydrogen) atoms. The molecule has 0 fully saturated rings. The van der Waals surface area contributed by atoms with Crippen molar-refractivity contribution in [3.05, 3.63) is 42.0 Å². The third-order valence-corrected chi connectivity index (χ3v) is 3.99. The number of carbonyl (C=O) groups is 1. The molecule has 0 aliphatic carbocycles. The van der Waals surface area contributed by atoms with Gasteiger partial charge in [0.1, 0.15) is 0 Å². The zero-order valence-corrected chi connectivity index (χ0v) is 12.1. The second-order valence-corrected chi connectivity index (χ2v) is 5.67. The molecule has 0 spiro atoms. The third-order valence-electron chi connectivity index (χ3n) is 3.40. The van der Waals surface area contributed by atoms with E-state index in [1.54, 1.807) is 28.8 Å². The topological polar surface area (TPSA) is 51.0 Å². The van der Waals surface area contributed by atoms with Crippen LogP contribution in [0.2, 0.25) is 0 Å². The third kappa shape index (κ3) is 2.43. The second-order valence-electron chi connectivity index (χ2n) is 4.68. The molecule has 1 aliphatic rings. The fourth-order valence-corrected chi connectivity index (χ4v) is 2.72. The van der Waals surface area contributed by atoms with E-state index in [0.717, 1.165) is 42.2 Å². The summed E-state index contributed by atoms with van der Waals surface area (Å²) in [7, 11) is 0. The van der Waals surface area contributed by atoms with E-state index < -0.39 is 0 Å². The second kappa shape index (κ2) is 5.66. The zero-order valence-electron chi connectivity index (χ0n) is 11.3. The maximum atomic E-state index is 12.4. The van der Waals surface area contributed by atoms with Gasteiger partial charge in [-0.05, 0) is 18.4 Å². The van der Waals surface area contributed by atoms with Crippen molar-refractivity contribution in [3.63, 3.8) is 0 Å². The molecule has 3 heterocycles. The molecule has 3 rings (SSSR count). The SMILES string of the molecule is CSCCN1CCc2nn(-c3cccnc3)cc2C1=O. The molecule has 0 atom stereocenters. The van der Waals surface area contributed by atoms with Crippen molar-refractivity contribution in [2.24, 2.45) is 0 Å². The molecule has 0 N–H and O–H groups in total. The zero-order chi connectivity index (χ0) is 13.9. The molecule has 1 amide bonds. The quantitative estimate of drug-likeness (QED) is 0.858. The van der Waals surface area contributed by atoms with Crippen LogP contribution in [-0.4, -0.2) is 50.7 Å². The minimum Gasteiger partial charge on any atom is -0.337 e. The van der Waals surface area contributed by atoms with Crippen LogP contribution in [0.4, 0.5) is 0 Å². The molecule has 2 aromatic heterocycles. The highest BCUT2D eigenvalue weighted by Crippen LogP contribution is 2.19. The molecule has 0 unspecified atom stereocenters. The van der Waals surface area contributed by atoms with Crippen LogP contribution in [0, 0.1) is 0 Å². The highest BCUT2D eigenvalue weighted by Gasteiger charge is 2.27. The molecule has 0 radical (unpaired) electrons. The van der Waals surface area contributed by atoms with Crippen molar-refractivity contribution in [1.82, 2.24) is 19.7 Å². The first-order valence-corrected chi connectivity index (χ1v) is 7.96. The van der Waals surface area contributed by atoms with Crippen LogP contribution in [0.3, 0.4) is 0 Å². The van der Waals surface area contributed by atoms with Gasteiger partial charge >= 0.3 is 0 Å². The van der Waals surface area contributed by atoms with Crippen molar-refractivity contribution >= 4 is 17.7 Å². The van der Waals surface area contributed by atoms with E-state index in [1.807, 2.05) is 23.2 Å². The van der Waals surface area contributed by atoms with Crippen LogP contribution in [0.15, 0.2) is 30.7 Å². The van der Waals surface area contributed by atoms with Crippen LogP contribution >= 0.6 is 11.8 Å². The Labute approximate surface area is 122 Å². The molecule has 0 aromatic carbocycles. The number of rotatable bonds is 4. The molecule has 2 aromatic rings. The summed E-state index contributed by atoms with van der Waals surface area (Å²) in [6.07, 6.45) is 8.17. The Hall–Kier alpha value is -1.82. The van der Waals surface area contributed by atoms with Gasteiger partial charge < -0.3 is 4.90 Å². The van der Waals surface area contributed by atoms with E-state index in [0.29, 0.717) is 0 Å². The Kier molecular flexibility index (Phi) is 3.73. The van der Waals surface area contributed by atoms with E-state index in [-0.39, 0.29) is 5.91 Å². The summed E-state index contributed by atoms with van der Waals surface area (Å²) in [5.74, 6) is 1.06. The predicted octanol–water partition coefficient (Wildman–Crippen LogP) is 1.63. The Morgan fingerprint density at radius 3 is 3.10 bits per heavy atom. The highest BCUT2D eigenvalue weighted by molar-refractivity contribution is 7.98. The Morgan fingerprint density at radius 2 is 2.35 bits per heavy atom. The van der Waals surface area contributed by atoms with Crippen LogP contribution in [0.1, 0.15) is 16.1 Å². The minimum absolute atomic E-state index is 0.0930. The van der Waals surface area contributed by atoms with E-state index in [4.69, 9.17) is 0 Å². The lowest BCUT2D eigenvalue weighted by molar-refractivity contribution is 0.0750. The Bertz CT molecular complexity index is 611. The Balaban J connectivity index is 1.87. The lowest BCUT2D eigenvalue weighted by atomic mass is 10.1. The lowest BCUT2D eigenvalue weighted by Crippen LogP contribution is -2.38. The molecule has 0 saturated carbocycles. The van der Waals surface area contributed by atoms with Crippen LogP contribution < -0.4 is 0 Å². The van der Waals surface area contributed by atoms with E-state index >= 15 is 0 Å². The van der Waals surface area contributed by atoms with Crippen molar-refractivity contribution in [2.75, 3.05) is 25.1 Å². The van der Waals surface area contributed by atoms with Crippen molar-refractivity contribution < 1.29 is 4.79 Å². The summed E-state index contributed by atoms with van der Waals surface area (Å²) in [5, 5.41) is 4.51. The average Bonchev–Trinajstić information content (AvgIpc) is 2.93. The van der Waals surface area contributed by atoms with Gasteiger partial charge in [-0.1, -0.05) is 0 Å². The number of hydrogen-bond donors (Lipinski definition) is 0. The van der Waals surface area contributed by atoms with Crippen molar-refractivity contribution in [1.29, 1.82) is 0 Å². The summed E-state index contributed by atoms with van der Waals surface area (Å²) in [6, 6.07) is 3.80. The van der Waals surface area contributed by atoms with E-state index in [9.17, 15) is 4.79 Å². The molecule has 0 bridgehead atoms. The summed E-state index contributed by atoms with van der Waals surface area (Å²) in [5.41, 5.74) is 2.49. The predicted molar refractivity (Wildman–Crippen MR) is 79.3 cm³/mol. The summed E-state index contributed by atoms with van der Waals surface area (Å²) >= 11 is 1.76. The molecule has 0 saturated heterocycles. The van der Waals surface area contributed by atoms with Gasteiger partial charge in [0.2, 0.25) is 0 Å². The number of thioether (sulfide) groups is 1. The Morgan fingerprint density at radius 1 is 1.45 bits per heavy atom. The largest absolute Gasteiger partial charge is 0.337 e. The van der Waals surface area contributed by atoms with Gasteiger partial charge in [-0.3, -0.25) is 9.78 Å². The van der Waals surface area contributed by atoms with E-state index in [1.165, 1.54) is 0 Å². The van der Waals surface area contributed by atoms with Crippen molar-refractivity contribution in [3.8, 4) is 5.69 Å². The molecule has 5 nitrogen and oxygen atoms in total. The number of carbonyl (C=O) groups excluding carboxylic acids is 1. The van der Waals surface area contributed by atoms with Crippen molar-refractivity contribution in [2.45, 2.75) is 6.42 Å². The van der Waals surface area contributed by atoms with Gasteiger partial charge in [0.15, 0.2) is 0 Å².